The van der Waals surface area contributed by atoms with Crippen molar-refractivity contribution in [2.24, 2.45) is 0 Å². The van der Waals surface area contributed by atoms with Gasteiger partial charge in [0.2, 0.25) is 0 Å². The van der Waals surface area contributed by atoms with Crippen LogP contribution in [0.2, 0.25) is 0 Å². The number of ether oxygens (including phenoxy) is 1. The fourth-order valence-electron chi connectivity index (χ4n) is 0.302. The van der Waals surface area contributed by atoms with E-state index in [0.29, 0.717) is 0 Å². The lowest BCUT2D eigenvalue weighted by molar-refractivity contribution is 0.0724. The van der Waals surface area contributed by atoms with E-state index in [1.807, 2.05) is 0 Å². The maximum absolute atomic E-state index is 10.0. The fraction of sp³-hybridized carbons (Fsp3) is 0.800. The second-order valence-corrected chi connectivity index (χ2v) is 2.53. The number of rotatable bonds is 0. The Morgan fingerprint density at radius 2 is 1.88 bits per heavy atom. The first-order valence-corrected chi connectivity index (χ1v) is 2.40. The van der Waals surface area contributed by atoms with Crippen LogP contribution >= 0.6 is 0 Å². The average Bonchev–Trinajstić information content (AvgIpc) is 1.21. The SMILES string of the molecule is [B-]C(=O)OC(C)(C)C. The minimum atomic E-state index is -0.725. The first kappa shape index (κ1) is 7.53. The van der Waals surface area contributed by atoms with E-state index in [1.165, 1.54) is 0 Å². The predicted octanol–water partition coefficient (Wildman–Crippen LogP) is 1.09. The van der Waals surface area contributed by atoms with E-state index in [4.69, 9.17) is 7.85 Å². The molecule has 8 heavy (non-hydrogen) atoms. The molecule has 0 atom stereocenters. The maximum atomic E-state index is 10.0. The lowest BCUT2D eigenvalue weighted by Gasteiger charge is -2.23. The third-order valence-electron chi connectivity index (χ3n) is 0.407. The van der Waals surface area contributed by atoms with E-state index < -0.39 is 11.5 Å². The maximum Gasteiger partial charge on any atom is 0.0990 e. The highest BCUT2D eigenvalue weighted by molar-refractivity contribution is 6.55. The highest BCUT2D eigenvalue weighted by Crippen LogP contribution is 2.05. The average molecular weight is 112 g/mol. The lowest BCUT2D eigenvalue weighted by atomic mass is 10.1. The van der Waals surface area contributed by atoms with Gasteiger partial charge < -0.3 is 17.4 Å². The first-order valence-electron chi connectivity index (χ1n) is 2.40. The summed E-state index contributed by atoms with van der Waals surface area (Å²) in [6.07, 6.45) is 0. The molecule has 0 rings (SSSR count). The van der Waals surface area contributed by atoms with Crippen molar-refractivity contribution in [2.75, 3.05) is 0 Å². The molecule has 0 aliphatic heterocycles. The van der Waals surface area contributed by atoms with E-state index in [9.17, 15) is 4.79 Å². The highest BCUT2D eigenvalue weighted by Gasteiger charge is 2.07. The van der Waals surface area contributed by atoms with Gasteiger partial charge in [0.05, 0.1) is 5.60 Å². The summed E-state index contributed by atoms with van der Waals surface area (Å²) in [5, 5.41) is 0. The summed E-state index contributed by atoms with van der Waals surface area (Å²) in [7, 11) is 4.72. The summed E-state index contributed by atoms with van der Waals surface area (Å²) >= 11 is 0. The molecule has 0 aromatic carbocycles. The minimum Gasteiger partial charge on any atom is -0.504 e. The molecule has 0 fully saturated rings. The summed E-state index contributed by atoms with van der Waals surface area (Å²) in [4.78, 5) is 10.0. The van der Waals surface area contributed by atoms with Gasteiger partial charge in [-0.05, 0) is 20.8 Å². The number of hydrogen-bond acceptors (Lipinski definition) is 2. The Labute approximate surface area is 50.6 Å². The van der Waals surface area contributed by atoms with Gasteiger partial charge in [-0.2, -0.15) is 0 Å². The molecule has 0 spiro atoms. The molecule has 3 radical (unpaired) electrons. The predicted molar refractivity (Wildman–Crippen MR) is 32.0 cm³/mol. The fourth-order valence-corrected chi connectivity index (χ4v) is 0.302. The van der Waals surface area contributed by atoms with Crippen LogP contribution in [0.1, 0.15) is 20.8 Å². The molecule has 0 unspecified atom stereocenters. The van der Waals surface area contributed by atoms with Crippen LogP contribution in [0.5, 0.6) is 0 Å². The number of carbonyl (C=O) groups is 1. The molecule has 3 heteroatoms. The van der Waals surface area contributed by atoms with E-state index in [1.54, 1.807) is 20.8 Å². The standard InChI is InChI=1S/C5H9BO2/c1-5(2,3)8-4(6)7/h1-3H3/q-1. The van der Waals surface area contributed by atoms with E-state index >= 15 is 0 Å². The Bertz CT molecular complexity index is 93.1. The van der Waals surface area contributed by atoms with Crippen molar-refractivity contribution in [2.45, 2.75) is 26.4 Å². The summed E-state index contributed by atoms with van der Waals surface area (Å²) in [5.41, 5.74) is -0.453. The monoisotopic (exact) mass is 112 g/mol. The van der Waals surface area contributed by atoms with Crippen molar-refractivity contribution in [1.29, 1.82) is 0 Å². The normalized spacial score (nSPS) is 11.0. The third kappa shape index (κ3) is 5.53. The molecule has 45 valence electrons. The Hall–Kier alpha value is -0.465. The van der Waals surface area contributed by atoms with E-state index in [2.05, 4.69) is 4.74 Å². The van der Waals surface area contributed by atoms with Crippen molar-refractivity contribution in [3.8, 4) is 0 Å². The molecule has 0 saturated heterocycles. The Balaban J connectivity index is 3.55. The molecule has 0 saturated carbocycles. The summed E-state index contributed by atoms with van der Waals surface area (Å²) in [6, 6.07) is 0. The van der Waals surface area contributed by atoms with Crippen molar-refractivity contribution in [1.82, 2.24) is 0 Å². The van der Waals surface area contributed by atoms with Crippen LogP contribution in [0.4, 0.5) is 4.79 Å². The van der Waals surface area contributed by atoms with Crippen LogP contribution in [0.15, 0.2) is 0 Å². The molecular weight excluding hydrogens is 103 g/mol. The number of hydrogen-bond donors (Lipinski definition) is 0. The van der Waals surface area contributed by atoms with Gasteiger partial charge in [0, 0.05) is 5.87 Å². The molecule has 0 heterocycles. The minimum absolute atomic E-state index is 0.453. The Kier molecular flexibility index (Phi) is 2.07. The molecule has 0 aliphatic carbocycles. The first-order chi connectivity index (χ1) is 3.42. The quantitative estimate of drug-likeness (QED) is 0.438. The Morgan fingerprint density at radius 3 is 1.88 bits per heavy atom. The van der Waals surface area contributed by atoms with Gasteiger partial charge >= 0.3 is 0 Å². The van der Waals surface area contributed by atoms with Gasteiger partial charge in [0.15, 0.2) is 0 Å². The topological polar surface area (TPSA) is 26.3 Å². The smallest absolute Gasteiger partial charge is 0.0990 e. The second kappa shape index (κ2) is 2.20. The zero-order valence-corrected chi connectivity index (χ0v) is 5.39. The summed E-state index contributed by atoms with van der Waals surface area (Å²) in [6.45, 7) is 5.28. The molecule has 0 bridgehead atoms. The summed E-state index contributed by atoms with van der Waals surface area (Å²) < 4.78 is 4.58. The van der Waals surface area contributed by atoms with Crippen LogP contribution in [-0.4, -0.2) is 19.3 Å². The second-order valence-electron chi connectivity index (χ2n) is 2.53. The largest absolute Gasteiger partial charge is 0.504 e. The molecule has 0 amide bonds. The third-order valence-corrected chi connectivity index (χ3v) is 0.407. The van der Waals surface area contributed by atoms with Crippen molar-refractivity contribution >= 4 is 13.7 Å². The van der Waals surface area contributed by atoms with Crippen LogP contribution < -0.4 is 0 Å². The van der Waals surface area contributed by atoms with Gasteiger partial charge in [0.1, 0.15) is 0 Å². The van der Waals surface area contributed by atoms with Gasteiger partial charge in [-0.1, -0.05) is 0 Å². The molecular formula is C5H9BO2-. The molecule has 0 N–H and O–H groups in total. The van der Waals surface area contributed by atoms with Crippen molar-refractivity contribution in [3.05, 3.63) is 0 Å². The zero-order chi connectivity index (χ0) is 6.78. The van der Waals surface area contributed by atoms with Crippen LogP contribution in [-0.2, 0) is 4.74 Å². The Morgan fingerprint density at radius 1 is 1.50 bits per heavy atom. The van der Waals surface area contributed by atoms with Crippen LogP contribution in [0.3, 0.4) is 0 Å². The van der Waals surface area contributed by atoms with Crippen LogP contribution in [0, 0.1) is 0 Å². The summed E-state index contributed by atoms with van der Waals surface area (Å²) in [5.74, 6) is -0.725. The molecule has 0 aliphatic rings. The molecule has 2 nitrogen and oxygen atoms in total. The van der Waals surface area contributed by atoms with Crippen LogP contribution in [0.25, 0.3) is 0 Å². The van der Waals surface area contributed by atoms with E-state index in [0.717, 1.165) is 0 Å². The zero-order valence-electron chi connectivity index (χ0n) is 5.39. The van der Waals surface area contributed by atoms with Gasteiger partial charge in [0.25, 0.3) is 0 Å². The molecule has 0 aromatic heterocycles. The van der Waals surface area contributed by atoms with Gasteiger partial charge in [-0.3, -0.25) is 0 Å². The highest BCUT2D eigenvalue weighted by atomic mass is 16.5. The number of carbonyl (C=O) groups excluding carboxylic acids is 1. The van der Waals surface area contributed by atoms with Gasteiger partial charge in [-0.25, -0.2) is 0 Å². The lowest BCUT2D eigenvalue weighted by Crippen LogP contribution is -2.22. The van der Waals surface area contributed by atoms with Crippen molar-refractivity contribution < 1.29 is 9.53 Å². The molecule has 0 aromatic rings. The van der Waals surface area contributed by atoms with Crippen molar-refractivity contribution in [3.63, 3.8) is 0 Å². The van der Waals surface area contributed by atoms with E-state index in [-0.39, 0.29) is 0 Å². The van der Waals surface area contributed by atoms with Gasteiger partial charge in [-0.15, -0.1) is 0 Å².